The molecule has 1 heterocycles. The van der Waals surface area contributed by atoms with Crippen LogP contribution in [-0.4, -0.2) is 16.1 Å². The summed E-state index contributed by atoms with van der Waals surface area (Å²) in [6.07, 6.45) is -5.92. The highest BCUT2D eigenvalue weighted by molar-refractivity contribution is 5.85. The van der Waals surface area contributed by atoms with Crippen LogP contribution in [0.1, 0.15) is 24.3 Å². The number of hydrogen-bond acceptors (Lipinski definition) is 2. The Labute approximate surface area is 101 Å². The van der Waals surface area contributed by atoms with Crippen molar-refractivity contribution in [1.29, 1.82) is 0 Å². The van der Waals surface area contributed by atoms with Crippen LogP contribution in [0.3, 0.4) is 0 Å². The Balaban J connectivity index is 2.72. The summed E-state index contributed by atoms with van der Waals surface area (Å²) in [7, 11) is 0. The molecule has 2 rings (SSSR count). The average molecular weight is 258 g/mol. The van der Waals surface area contributed by atoms with Gasteiger partial charge in [-0.3, -0.25) is 0 Å². The standard InChI is InChI=1S/C12H13F3N2O/c1-6(16)11(18)10-9(12(13,14)15)7-4-2-3-5-8(7)17-10/h2-6,11,17-18H,16H2,1H3. The lowest BCUT2D eigenvalue weighted by molar-refractivity contribution is -0.138. The Bertz CT molecular complexity index is 560. The van der Waals surface area contributed by atoms with Gasteiger partial charge in [0.1, 0.15) is 6.10 Å². The first kappa shape index (κ1) is 12.9. The number of hydrogen-bond donors (Lipinski definition) is 3. The molecule has 0 aliphatic rings. The van der Waals surface area contributed by atoms with Crippen LogP contribution in [0.4, 0.5) is 13.2 Å². The highest BCUT2D eigenvalue weighted by Gasteiger charge is 2.39. The Morgan fingerprint density at radius 2 is 1.89 bits per heavy atom. The van der Waals surface area contributed by atoms with Crippen molar-refractivity contribution in [1.82, 2.24) is 4.98 Å². The number of para-hydroxylation sites is 1. The molecule has 98 valence electrons. The fourth-order valence-electron chi connectivity index (χ4n) is 1.95. The average Bonchev–Trinajstić information content (AvgIpc) is 2.66. The van der Waals surface area contributed by atoms with Gasteiger partial charge in [0.15, 0.2) is 0 Å². The van der Waals surface area contributed by atoms with Crippen molar-refractivity contribution in [2.45, 2.75) is 25.2 Å². The molecule has 2 atom stereocenters. The molecule has 0 fully saturated rings. The molecule has 0 amide bonds. The zero-order chi connectivity index (χ0) is 13.5. The van der Waals surface area contributed by atoms with Crippen molar-refractivity contribution >= 4 is 10.9 Å². The number of fused-ring (bicyclic) bond motifs is 1. The van der Waals surface area contributed by atoms with Gasteiger partial charge in [0, 0.05) is 16.9 Å². The lowest BCUT2D eigenvalue weighted by Crippen LogP contribution is -2.26. The monoisotopic (exact) mass is 258 g/mol. The number of nitrogens with one attached hydrogen (secondary N) is 1. The van der Waals surface area contributed by atoms with Gasteiger partial charge in [0.05, 0.1) is 11.3 Å². The number of aromatic amines is 1. The number of H-pyrrole nitrogens is 1. The Morgan fingerprint density at radius 1 is 1.28 bits per heavy atom. The molecule has 0 saturated carbocycles. The highest BCUT2D eigenvalue weighted by atomic mass is 19.4. The minimum Gasteiger partial charge on any atom is -0.385 e. The summed E-state index contributed by atoms with van der Waals surface area (Å²) in [5.41, 5.74) is 4.67. The van der Waals surface area contributed by atoms with Crippen LogP contribution in [-0.2, 0) is 6.18 Å². The van der Waals surface area contributed by atoms with E-state index in [0.29, 0.717) is 5.52 Å². The first-order chi connectivity index (χ1) is 8.32. The van der Waals surface area contributed by atoms with E-state index in [1.807, 2.05) is 0 Å². The smallest absolute Gasteiger partial charge is 0.385 e. The van der Waals surface area contributed by atoms with Crippen molar-refractivity contribution in [3.05, 3.63) is 35.5 Å². The minimum absolute atomic E-state index is 0.0414. The molecule has 4 N–H and O–H groups in total. The molecule has 0 bridgehead atoms. The van der Waals surface area contributed by atoms with Crippen molar-refractivity contribution in [3.63, 3.8) is 0 Å². The first-order valence-electron chi connectivity index (χ1n) is 5.44. The highest BCUT2D eigenvalue weighted by Crippen LogP contribution is 2.40. The summed E-state index contributed by atoms with van der Waals surface area (Å²) in [6, 6.07) is 5.25. The van der Waals surface area contributed by atoms with Gasteiger partial charge in [0.25, 0.3) is 0 Å². The van der Waals surface area contributed by atoms with E-state index in [0.717, 1.165) is 0 Å². The summed E-state index contributed by atoms with van der Waals surface area (Å²) in [5.74, 6) is 0. The van der Waals surface area contributed by atoms with E-state index >= 15 is 0 Å². The number of benzene rings is 1. The van der Waals surface area contributed by atoms with E-state index in [-0.39, 0.29) is 11.1 Å². The van der Waals surface area contributed by atoms with Crippen LogP contribution in [0.15, 0.2) is 24.3 Å². The van der Waals surface area contributed by atoms with Gasteiger partial charge in [-0.25, -0.2) is 0 Å². The number of aliphatic hydroxyl groups excluding tert-OH is 1. The van der Waals surface area contributed by atoms with Crippen molar-refractivity contribution in [3.8, 4) is 0 Å². The molecule has 2 aromatic rings. The number of halogens is 3. The zero-order valence-electron chi connectivity index (χ0n) is 9.62. The molecule has 1 aromatic carbocycles. The van der Waals surface area contributed by atoms with Gasteiger partial charge >= 0.3 is 6.18 Å². The third-order valence-electron chi connectivity index (χ3n) is 2.81. The lowest BCUT2D eigenvalue weighted by Gasteiger charge is -2.16. The first-order valence-corrected chi connectivity index (χ1v) is 5.44. The summed E-state index contributed by atoms with van der Waals surface area (Å²) < 4.78 is 39.2. The molecule has 0 aliphatic heterocycles. The Hall–Kier alpha value is -1.53. The van der Waals surface area contributed by atoms with Crippen LogP contribution in [0.25, 0.3) is 10.9 Å². The lowest BCUT2D eigenvalue weighted by atomic mass is 10.0. The molecular formula is C12H13F3N2O. The molecule has 0 radical (unpaired) electrons. The Morgan fingerprint density at radius 3 is 2.44 bits per heavy atom. The van der Waals surface area contributed by atoms with Gasteiger partial charge in [-0.15, -0.1) is 0 Å². The van der Waals surface area contributed by atoms with E-state index in [4.69, 9.17) is 5.73 Å². The van der Waals surface area contributed by atoms with E-state index in [2.05, 4.69) is 4.98 Å². The van der Waals surface area contributed by atoms with Crippen LogP contribution in [0.2, 0.25) is 0 Å². The van der Waals surface area contributed by atoms with E-state index in [1.165, 1.54) is 25.1 Å². The largest absolute Gasteiger partial charge is 0.418 e. The number of aromatic nitrogens is 1. The van der Waals surface area contributed by atoms with E-state index in [9.17, 15) is 18.3 Å². The van der Waals surface area contributed by atoms with Crippen molar-refractivity contribution in [2.75, 3.05) is 0 Å². The number of nitrogens with two attached hydrogens (primary N) is 1. The number of alkyl halides is 3. The predicted molar refractivity (Wildman–Crippen MR) is 61.9 cm³/mol. The van der Waals surface area contributed by atoms with E-state index < -0.39 is 23.9 Å². The molecule has 18 heavy (non-hydrogen) atoms. The van der Waals surface area contributed by atoms with Crippen LogP contribution in [0.5, 0.6) is 0 Å². The predicted octanol–water partition coefficient (Wildman–Crippen LogP) is 2.57. The van der Waals surface area contributed by atoms with Gasteiger partial charge in [-0.1, -0.05) is 18.2 Å². The van der Waals surface area contributed by atoms with Gasteiger partial charge in [-0.2, -0.15) is 13.2 Å². The van der Waals surface area contributed by atoms with Gasteiger partial charge < -0.3 is 15.8 Å². The zero-order valence-corrected chi connectivity index (χ0v) is 9.62. The third kappa shape index (κ3) is 2.09. The molecule has 3 nitrogen and oxygen atoms in total. The maximum Gasteiger partial charge on any atom is 0.418 e. The quantitative estimate of drug-likeness (QED) is 0.775. The second-order valence-electron chi connectivity index (χ2n) is 4.26. The number of aliphatic hydroxyl groups is 1. The van der Waals surface area contributed by atoms with Crippen molar-refractivity contribution in [2.24, 2.45) is 5.73 Å². The number of rotatable bonds is 2. The third-order valence-corrected chi connectivity index (χ3v) is 2.81. The molecule has 2 unspecified atom stereocenters. The van der Waals surface area contributed by atoms with Crippen molar-refractivity contribution < 1.29 is 18.3 Å². The molecule has 0 aliphatic carbocycles. The van der Waals surface area contributed by atoms with Crippen LogP contribution < -0.4 is 5.73 Å². The van der Waals surface area contributed by atoms with Crippen LogP contribution in [0, 0.1) is 0 Å². The maximum atomic E-state index is 13.1. The summed E-state index contributed by atoms with van der Waals surface area (Å²) in [5, 5.41) is 9.83. The molecular weight excluding hydrogens is 245 g/mol. The summed E-state index contributed by atoms with van der Waals surface area (Å²) in [4.78, 5) is 2.60. The molecule has 0 saturated heterocycles. The fourth-order valence-corrected chi connectivity index (χ4v) is 1.95. The molecule has 1 aromatic heterocycles. The minimum atomic E-state index is -4.54. The summed E-state index contributed by atoms with van der Waals surface area (Å²) >= 11 is 0. The van der Waals surface area contributed by atoms with Gasteiger partial charge in [-0.05, 0) is 13.0 Å². The second kappa shape index (κ2) is 4.29. The maximum absolute atomic E-state index is 13.1. The Kier molecular flexibility index (Phi) is 3.08. The molecule has 6 heteroatoms. The van der Waals surface area contributed by atoms with Crippen LogP contribution >= 0.6 is 0 Å². The fraction of sp³-hybridized carbons (Fsp3) is 0.333. The second-order valence-corrected chi connectivity index (χ2v) is 4.26. The summed E-state index contributed by atoms with van der Waals surface area (Å²) in [6.45, 7) is 1.45. The topological polar surface area (TPSA) is 62.0 Å². The van der Waals surface area contributed by atoms with E-state index in [1.54, 1.807) is 6.07 Å². The van der Waals surface area contributed by atoms with Gasteiger partial charge in [0.2, 0.25) is 0 Å². The SMILES string of the molecule is CC(N)C(O)c1[nH]c2ccccc2c1C(F)(F)F. The molecule has 0 spiro atoms. The normalized spacial score (nSPS) is 15.9.